The summed E-state index contributed by atoms with van der Waals surface area (Å²) in [6.07, 6.45) is 0. The fraction of sp³-hybridized carbons (Fsp3) is 0.500. The molecule has 0 bridgehead atoms. The average molecular weight is 712 g/mol. The third-order valence-electron chi connectivity index (χ3n) is 4.40. The molecule has 0 aliphatic heterocycles. The Labute approximate surface area is 206 Å². The molecule has 0 aromatic heterocycles. The zero-order valence-electron chi connectivity index (χ0n) is 18.9. The summed E-state index contributed by atoms with van der Waals surface area (Å²) in [6, 6.07) is 16.9. The van der Waals surface area contributed by atoms with Crippen molar-refractivity contribution in [1.82, 2.24) is 0 Å². The molecular formula is C24H38I2PRu+. The smallest absolute Gasteiger partial charge is 0.0623 e. The second-order valence-corrected chi connectivity index (χ2v) is 24.1. The molecule has 0 N–H and O–H groups in total. The summed E-state index contributed by atoms with van der Waals surface area (Å²) in [5, 5.41) is 1.49. The van der Waals surface area contributed by atoms with E-state index in [1.807, 2.05) is 36.4 Å². The predicted octanol–water partition coefficient (Wildman–Crippen LogP) is 8.27. The van der Waals surface area contributed by atoms with Gasteiger partial charge in [0.15, 0.2) is 0 Å². The number of rotatable bonds is 0. The molecule has 4 heteroatoms. The van der Waals surface area contributed by atoms with Crippen molar-refractivity contribution in [3.05, 3.63) is 65.2 Å². The van der Waals surface area contributed by atoms with Crippen LogP contribution in [0.3, 0.4) is 0 Å². The van der Waals surface area contributed by atoms with Crippen LogP contribution in [0.4, 0.5) is 0 Å². The monoisotopic (exact) mass is 713 g/mol. The van der Waals surface area contributed by atoms with Gasteiger partial charge >= 0.3 is 49.6 Å². The molecule has 0 fully saturated rings. The van der Waals surface area contributed by atoms with Crippen molar-refractivity contribution < 1.29 is 10.1 Å². The summed E-state index contributed by atoms with van der Waals surface area (Å²) in [5.41, 5.74) is 5.08. The maximum atomic E-state index is 2.43. The first-order valence-electron chi connectivity index (χ1n) is 9.53. The van der Waals surface area contributed by atoms with Gasteiger partial charge in [-0.1, -0.05) is 111 Å². The molecule has 2 aromatic rings. The van der Waals surface area contributed by atoms with E-state index in [-0.39, 0.29) is 16.2 Å². The van der Waals surface area contributed by atoms with Crippen LogP contribution >= 0.6 is 48.7 Å². The van der Waals surface area contributed by atoms with Gasteiger partial charge in [-0.25, -0.2) is 0 Å². The minimum Gasteiger partial charge on any atom is -0.0623 e. The molecule has 0 nitrogen and oxygen atoms in total. The van der Waals surface area contributed by atoms with E-state index in [0.717, 1.165) is 0 Å². The van der Waals surface area contributed by atoms with E-state index < -0.39 is 0 Å². The molecule has 0 saturated carbocycles. The van der Waals surface area contributed by atoms with Gasteiger partial charge in [0.1, 0.15) is 0 Å². The van der Waals surface area contributed by atoms with Crippen molar-refractivity contribution in [2.45, 2.75) is 78.6 Å². The Morgan fingerprint density at radius 1 is 0.607 bits per heavy atom. The van der Waals surface area contributed by atoms with E-state index in [4.69, 9.17) is 0 Å². The number of hydrogen-bond acceptors (Lipinski definition) is 0. The normalized spacial score (nSPS) is 12.0. The van der Waals surface area contributed by atoms with E-state index in [1.54, 1.807) is 0 Å². The summed E-state index contributed by atoms with van der Waals surface area (Å²) in [7, 11) is 2.70. The van der Waals surface area contributed by atoms with Crippen LogP contribution < -0.4 is 5.30 Å². The van der Waals surface area contributed by atoms with Crippen LogP contribution in [0.15, 0.2) is 48.5 Å². The SMILES string of the molecule is CC(C)(C)c1cc(C(C)(C)C)c([PH3+])c(C(C)(C)C)c1.[I][Ru][I].c1ccccc1. The number of hydrogen-bond donors (Lipinski definition) is 0. The Hall–Kier alpha value is 0.953. The third-order valence-corrected chi connectivity index (χ3v) is 5.16. The maximum absolute atomic E-state index is 2.43. The zero-order chi connectivity index (χ0) is 22.2. The van der Waals surface area contributed by atoms with Gasteiger partial charge in [-0.3, -0.25) is 0 Å². The molecule has 160 valence electrons. The Morgan fingerprint density at radius 3 is 1.04 bits per heavy atom. The van der Waals surface area contributed by atoms with E-state index >= 15 is 0 Å². The fourth-order valence-electron chi connectivity index (χ4n) is 2.83. The van der Waals surface area contributed by atoms with Gasteiger partial charge in [-0.2, -0.15) is 0 Å². The van der Waals surface area contributed by atoms with Crippen molar-refractivity contribution in [2.75, 3.05) is 0 Å². The van der Waals surface area contributed by atoms with Gasteiger partial charge in [0.2, 0.25) is 0 Å². The number of benzene rings is 2. The molecule has 0 spiro atoms. The quantitative estimate of drug-likeness (QED) is 0.147. The van der Waals surface area contributed by atoms with E-state index in [1.165, 1.54) is 22.0 Å². The van der Waals surface area contributed by atoms with E-state index in [9.17, 15) is 0 Å². The second kappa shape index (κ2) is 12.7. The fourth-order valence-corrected chi connectivity index (χ4v) is 4.09. The second-order valence-electron chi connectivity index (χ2n) is 10.0. The number of halogens is 2. The van der Waals surface area contributed by atoms with Crippen LogP contribution in [-0.2, 0) is 26.3 Å². The molecule has 2 rings (SSSR count). The minimum atomic E-state index is 0.205. The van der Waals surface area contributed by atoms with Gasteiger partial charge in [-0.15, -0.1) is 0 Å². The molecule has 1 unspecified atom stereocenters. The minimum absolute atomic E-state index is 0.205. The standard InChI is InChI=1S/C18H31P.C6H6.2HI.Ru/c1-16(2,3)12-10-13(17(4,5)6)15(19)14(11-12)18(7,8)9;1-2-4-6-5-3-1;;;/h10-11H,19H2,1-9H3;1-6H;2*1H;/q;;;;+2/p-1. The van der Waals surface area contributed by atoms with Crippen molar-refractivity contribution in [2.24, 2.45) is 0 Å². The molecule has 0 amide bonds. The van der Waals surface area contributed by atoms with Gasteiger partial charge in [0.05, 0.1) is 5.30 Å². The molecule has 0 saturated heterocycles. The molecule has 0 aliphatic rings. The largest absolute Gasteiger partial charge is 0.0623 e. The summed E-state index contributed by atoms with van der Waals surface area (Å²) < 4.78 is 0. The van der Waals surface area contributed by atoms with Gasteiger partial charge < -0.3 is 0 Å². The van der Waals surface area contributed by atoms with Crippen LogP contribution in [0.5, 0.6) is 0 Å². The average Bonchev–Trinajstić information content (AvgIpc) is 2.54. The molecule has 2 aromatic carbocycles. The third kappa shape index (κ3) is 10.8. The zero-order valence-corrected chi connectivity index (χ0v) is 26.4. The van der Waals surface area contributed by atoms with Crippen LogP contribution in [-0.4, -0.2) is 0 Å². The maximum Gasteiger partial charge on any atom is -0.0623 e. The van der Waals surface area contributed by atoms with Gasteiger partial charge in [0, 0.05) is 9.24 Å². The van der Waals surface area contributed by atoms with Crippen molar-refractivity contribution in [3.8, 4) is 0 Å². The molecule has 0 aliphatic carbocycles. The molecule has 0 radical (unpaired) electrons. The van der Waals surface area contributed by atoms with E-state index in [2.05, 4.69) is 123 Å². The summed E-state index contributed by atoms with van der Waals surface area (Å²) in [5.74, 6) is 0. The predicted molar refractivity (Wildman–Crippen MR) is 148 cm³/mol. The Bertz CT molecular complexity index is 632. The van der Waals surface area contributed by atoms with Crippen LogP contribution in [0.1, 0.15) is 79.0 Å². The molecule has 28 heavy (non-hydrogen) atoms. The first-order valence-corrected chi connectivity index (χ1v) is 20.6. The van der Waals surface area contributed by atoms with Crippen molar-refractivity contribution in [1.29, 1.82) is 0 Å². The molecule has 1 atom stereocenters. The summed E-state index contributed by atoms with van der Waals surface area (Å²) in [6.45, 7) is 20.8. The van der Waals surface area contributed by atoms with Crippen molar-refractivity contribution in [3.63, 3.8) is 0 Å². The van der Waals surface area contributed by atoms with Crippen LogP contribution in [0, 0.1) is 0 Å². The Kier molecular flexibility index (Phi) is 13.2. The van der Waals surface area contributed by atoms with Gasteiger partial charge in [0.25, 0.3) is 0 Å². The Balaban J connectivity index is 0.000000665. The Morgan fingerprint density at radius 2 is 0.857 bits per heavy atom. The first kappa shape index (κ1) is 29.0. The summed E-state index contributed by atoms with van der Waals surface area (Å²) in [4.78, 5) is 0. The van der Waals surface area contributed by atoms with Crippen molar-refractivity contribution >= 4 is 54.0 Å². The van der Waals surface area contributed by atoms with E-state index in [0.29, 0.717) is 10.1 Å². The van der Waals surface area contributed by atoms with Gasteiger partial charge in [-0.05, 0) is 32.9 Å². The molecular weight excluding hydrogens is 674 g/mol. The summed E-state index contributed by atoms with van der Waals surface area (Å²) >= 11 is 4.73. The van der Waals surface area contributed by atoms with Crippen LogP contribution in [0.25, 0.3) is 0 Å². The molecule has 0 heterocycles. The first-order chi connectivity index (χ1) is 12.7. The topological polar surface area (TPSA) is 0 Å². The van der Waals surface area contributed by atoms with Crippen LogP contribution in [0.2, 0.25) is 0 Å².